The van der Waals surface area contributed by atoms with E-state index in [2.05, 4.69) is 15.5 Å². The van der Waals surface area contributed by atoms with Crippen molar-refractivity contribution in [2.75, 3.05) is 5.32 Å². The first-order valence-corrected chi connectivity index (χ1v) is 7.70. The zero-order valence-electron chi connectivity index (χ0n) is 13.2. The van der Waals surface area contributed by atoms with Crippen LogP contribution in [0.25, 0.3) is 11.8 Å². The average Bonchev–Trinajstić information content (AvgIpc) is 3.08. The molecule has 0 bridgehead atoms. The van der Waals surface area contributed by atoms with Crippen molar-refractivity contribution >= 4 is 17.7 Å². The minimum Gasteiger partial charge on any atom is -0.464 e. The fourth-order valence-corrected chi connectivity index (χ4v) is 2.50. The Hall–Kier alpha value is -3.67. The Morgan fingerprint density at radius 1 is 1.00 bits per heavy atom. The number of aromatic nitrogens is 3. The number of nitrogens with zero attached hydrogens (tertiary/aromatic N) is 3. The van der Waals surface area contributed by atoms with Crippen LogP contribution in [0.5, 0.6) is 5.75 Å². The van der Waals surface area contributed by atoms with Crippen molar-refractivity contribution in [2.45, 2.75) is 0 Å². The molecular formula is C19H14N4O2. The second-order valence-corrected chi connectivity index (χ2v) is 5.43. The summed E-state index contributed by atoms with van der Waals surface area (Å²) in [6.45, 7) is 0. The Bertz CT molecular complexity index is 957. The monoisotopic (exact) mass is 330 g/mol. The average molecular weight is 330 g/mol. The van der Waals surface area contributed by atoms with Gasteiger partial charge >= 0.3 is 0 Å². The molecule has 0 saturated heterocycles. The zero-order valence-corrected chi connectivity index (χ0v) is 13.2. The van der Waals surface area contributed by atoms with Gasteiger partial charge in [-0.05, 0) is 42.5 Å². The molecule has 1 amide bonds. The number of benzene rings is 2. The molecule has 122 valence electrons. The summed E-state index contributed by atoms with van der Waals surface area (Å²) in [7, 11) is 0. The lowest BCUT2D eigenvalue weighted by Gasteiger charge is -2.07. The van der Waals surface area contributed by atoms with Crippen molar-refractivity contribution in [3.8, 4) is 11.4 Å². The lowest BCUT2D eigenvalue weighted by molar-refractivity contribution is -0.112. The Morgan fingerprint density at radius 3 is 2.56 bits per heavy atom. The lowest BCUT2D eigenvalue weighted by Crippen LogP contribution is -2.13. The summed E-state index contributed by atoms with van der Waals surface area (Å²) in [5.41, 5.74) is 3.00. The number of nitrogens with one attached hydrogen (secondary N) is 1. The molecule has 3 aromatic rings. The van der Waals surface area contributed by atoms with Crippen LogP contribution in [-0.4, -0.2) is 20.7 Å². The number of amides is 1. The van der Waals surface area contributed by atoms with E-state index in [0.717, 1.165) is 17.0 Å². The Morgan fingerprint density at radius 2 is 1.76 bits per heavy atom. The summed E-state index contributed by atoms with van der Waals surface area (Å²) < 4.78 is 7.30. The molecule has 25 heavy (non-hydrogen) atoms. The summed E-state index contributed by atoms with van der Waals surface area (Å²) in [4.78, 5) is 12.5. The summed E-state index contributed by atoms with van der Waals surface area (Å²) in [5, 5.41) is 10.4. The summed E-state index contributed by atoms with van der Waals surface area (Å²) in [6, 6.07) is 15.0. The van der Waals surface area contributed by atoms with E-state index in [-0.39, 0.29) is 5.91 Å². The highest BCUT2D eigenvalue weighted by Crippen LogP contribution is 2.25. The number of carbonyl (C=O) groups excluding carboxylic acids is 1. The van der Waals surface area contributed by atoms with Crippen molar-refractivity contribution in [3.63, 3.8) is 0 Å². The predicted molar refractivity (Wildman–Crippen MR) is 94.2 cm³/mol. The number of anilines is 1. The molecule has 4 rings (SSSR count). The number of ether oxygens (including phenoxy) is 1. The third kappa shape index (κ3) is 3.18. The smallest absolute Gasteiger partial charge is 0.255 e. The van der Waals surface area contributed by atoms with Crippen LogP contribution >= 0.6 is 0 Å². The van der Waals surface area contributed by atoms with Crippen LogP contribution in [0, 0.1) is 0 Å². The molecule has 2 aromatic carbocycles. The maximum absolute atomic E-state index is 12.5. The maximum Gasteiger partial charge on any atom is 0.255 e. The molecule has 2 heterocycles. The molecular weight excluding hydrogens is 316 g/mol. The van der Waals surface area contributed by atoms with Gasteiger partial charge in [-0.15, -0.1) is 10.2 Å². The molecule has 6 nitrogen and oxygen atoms in total. The fourth-order valence-electron chi connectivity index (χ4n) is 2.50. The molecule has 0 radical (unpaired) electrons. The maximum atomic E-state index is 12.5. The van der Waals surface area contributed by atoms with Gasteiger partial charge in [-0.1, -0.05) is 18.2 Å². The zero-order chi connectivity index (χ0) is 17.1. The molecule has 0 unspecified atom stereocenters. The number of para-hydroxylation sites is 1. The van der Waals surface area contributed by atoms with Gasteiger partial charge in [-0.3, -0.25) is 9.36 Å². The Labute approximate surface area is 144 Å². The van der Waals surface area contributed by atoms with Gasteiger partial charge in [0.25, 0.3) is 5.91 Å². The van der Waals surface area contributed by atoms with Gasteiger partial charge in [0, 0.05) is 22.5 Å². The van der Waals surface area contributed by atoms with E-state index < -0.39 is 0 Å². The van der Waals surface area contributed by atoms with E-state index in [1.807, 2.05) is 48.5 Å². The van der Waals surface area contributed by atoms with E-state index in [0.29, 0.717) is 11.3 Å². The van der Waals surface area contributed by atoms with Gasteiger partial charge < -0.3 is 10.1 Å². The van der Waals surface area contributed by atoms with Crippen LogP contribution in [-0.2, 0) is 4.79 Å². The molecule has 0 spiro atoms. The lowest BCUT2D eigenvalue weighted by atomic mass is 10.1. The molecule has 6 heteroatoms. The van der Waals surface area contributed by atoms with Gasteiger partial charge in [0.1, 0.15) is 18.4 Å². The predicted octanol–water partition coefficient (Wildman–Crippen LogP) is 3.20. The second-order valence-electron chi connectivity index (χ2n) is 5.43. The third-order valence-corrected chi connectivity index (χ3v) is 3.78. The molecule has 1 aliphatic heterocycles. The molecule has 1 aromatic heterocycles. The first-order chi connectivity index (χ1) is 12.3. The van der Waals surface area contributed by atoms with Crippen molar-refractivity contribution in [1.29, 1.82) is 0 Å². The van der Waals surface area contributed by atoms with Crippen molar-refractivity contribution in [2.24, 2.45) is 0 Å². The Kier molecular flexibility index (Phi) is 3.84. The van der Waals surface area contributed by atoms with E-state index in [1.54, 1.807) is 29.4 Å². The largest absolute Gasteiger partial charge is 0.464 e. The van der Waals surface area contributed by atoms with E-state index in [4.69, 9.17) is 4.74 Å². The molecule has 1 N–H and O–H groups in total. The summed E-state index contributed by atoms with van der Waals surface area (Å²) >= 11 is 0. The summed E-state index contributed by atoms with van der Waals surface area (Å²) in [5.74, 6) is 0.522. The van der Waals surface area contributed by atoms with Crippen LogP contribution < -0.4 is 10.1 Å². The number of carbonyl (C=O) groups is 1. The quantitative estimate of drug-likeness (QED) is 0.801. The summed E-state index contributed by atoms with van der Waals surface area (Å²) in [6.07, 6.45) is 8.21. The van der Waals surface area contributed by atoms with Crippen LogP contribution in [0.2, 0.25) is 0 Å². The number of rotatable bonds is 3. The van der Waals surface area contributed by atoms with E-state index >= 15 is 0 Å². The van der Waals surface area contributed by atoms with E-state index in [1.165, 1.54) is 6.26 Å². The van der Waals surface area contributed by atoms with Gasteiger partial charge in [0.2, 0.25) is 0 Å². The number of hydrogen-bond acceptors (Lipinski definition) is 4. The molecule has 0 fully saturated rings. The minimum absolute atomic E-state index is 0.200. The van der Waals surface area contributed by atoms with Crippen molar-refractivity contribution in [3.05, 3.63) is 84.7 Å². The van der Waals surface area contributed by atoms with Gasteiger partial charge in [-0.2, -0.15) is 0 Å². The van der Waals surface area contributed by atoms with Crippen molar-refractivity contribution < 1.29 is 9.53 Å². The van der Waals surface area contributed by atoms with Crippen molar-refractivity contribution in [1.82, 2.24) is 14.8 Å². The third-order valence-electron chi connectivity index (χ3n) is 3.78. The van der Waals surface area contributed by atoms with E-state index in [9.17, 15) is 4.79 Å². The number of hydrogen-bond donors (Lipinski definition) is 1. The molecule has 0 atom stereocenters. The minimum atomic E-state index is -0.200. The van der Waals surface area contributed by atoms with Crippen LogP contribution in [0.1, 0.15) is 5.56 Å². The normalized spacial score (nSPS) is 12.6. The second kappa shape index (κ2) is 6.45. The Balaban J connectivity index is 1.53. The molecule has 0 saturated carbocycles. The van der Waals surface area contributed by atoms with Crippen LogP contribution in [0.4, 0.5) is 5.69 Å². The van der Waals surface area contributed by atoms with Gasteiger partial charge in [0.05, 0.1) is 6.26 Å². The highest BCUT2D eigenvalue weighted by atomic mass is 16.5. The molecule has 0 aliphatic carbocycles. The topological polar surface area (TPSA) is 69.0 Å². The number of fused-ring (bicyclic) bond motifs is 1. The fraction of sp³-hybridized carbons (Fsp3) is 0. The van der Waals surface area contributed by atoms with Gasteiger partial charge in [0.15, 0.2) is 0 Å². The van der Waals surface area contributed by atoms with Crippen LogP contribution in [0.15, 0.2) is 79.1 Å². The molecule has 1 aliphatic rings. The highest BCUT2D eigenvalue weighted by Gasteiger charge is 2.12. The first kappa shape index (κ1) is 14.9. The first-order valence-electron chi connectivity index (χ1n) is 7.70. The van der Waals surface area contributed by atoms with Gasteiger partial charge in [-0.25, -0.2) is 0 Å². The van der Waals surface area contributed by atoms with Crippen LogP contribution in [0.3, 0.4) is 0 Å². The SMILES string of the molecule is O=C(Nc1ccc(-n2cnnc2)cc1)C1=Cc2ccccc2OC=C1. The highest BCUT2D eigenvalue weighted by molar-refractivity contribution is 6.09. The standard InChI is InChI=1S/C19H14N4O2/c24-19(15-9-10-25-18-4-2-1-3-14(18)11-15)22-16-5-7-17(8-6-16)23-12-20-21-13-23/h1-13H,(H,22,24).